The fourth-order valence-electron chi connectivity index (χ4n) is 2.06. The van der Waals surface area contributed by atoms with E-state index < -0.39 is 11.7 Å². The van der Waals surface area contributed by atoms with E-state index in [1.54, 1.807) is 6.07 Å². The molecule has 0 spiro atoms. The highest BCUT2D eigenvalue weighted by atomic mass is 19.4. The molecule has 1 aliphatic heterocycles. The molecule has 0 saturated carbocycles. The molecule has 0 amide bonds. The van der Waals surface area contributed by atoms with Gasteiger partial charge in [-0.25, -0.2) is 0 Å². The lowest BCUT2D eigenvalue weighted by Gasteiger charge is -2.09. The maximum atomic E-state index is 12.4. The number of benzene rings is 2. The minimum Gasteiger partial charge on any atom is -0.457 e. The van der Waals surface area contributed by atoms with Crippen LogP contribution in [0.15, 0.2) is 42.5 Å². The normalized spacial score (nSPS) is 13.8. The highest BCUT2D eigenvalue weighted by molar-refractivity contribution is 6.48. The predicted molar refractivity (Wildman–Crippen MR) is 69.5 cm³/mol. The fourth-order valence-corrected chi connectivity index (χ4v) is 2.06. The summed E-state index contributed by atoms with van der Waals surface area (Å²) in [5.41, 5.74) is 1.48. The van der Waals surface area contributed by atoms with E-state index in [0.29, 0.717) is 25.6 Å². The topological polar surface area (TPSA) is 18.5 Å². The second-order valence-corrected chi connectivity index (χ2v) is 4.55. The molecule has 0 aliphatic carbocycles. The van der Waals surface area contributed by atoms with Crippen molar-refractivity contribution in [1.29, 1.82) is 0 Å². The molecule has 1 heterocycles. The average Bonchev–Trinajstić information content (AvgIpc) is 2.86. The van der Waals surface area contributed by atoms with Gasteiger partial charge >= 0.3 is 13.7 Å². The van der Waals surface area contributed by atoms with Crippen molar-refractivity contribution in [3.63, 3.8) is 0 Å². The van der Waals surface area contributed by atoms with Crippen molar-refractivity contribution in [2.24, 2.45) is 0 Å². The summed E-state index contributed by atoms with van der Waals surface area (Å²) in [7, 11) is 0.593. The number of halogens is 3. The zero-order valence-electron chi connectivity index (χ0n) is 10.4. The largest absolute Gasteiger partial charge is 0.457 e. The van der Waals surface area contributed by atoms with Gasteiger partial charge in [0, 0.05) is 0 Å². The van der Waals surface area contributed by atoms with Gasteiger partial charge in [-0.15, -0.1) is 0 Å². The molecule has 0 radical (unpaired) electrons. The van der Waals surface area contributed by atoms with Gasteiger partial charge in [-0.2, -0.15) is 13.2 Å². The summed E-state index contributed by atoms with van der Waals surface area (Å²) in [6, 6.07) is 10.2. The Morgan fingerprint density at radius 1 is 1.00 bits per heavy atom. The lowest BCUT2D eigenvalue weighted by atomic mass is 9.87. The predicted octanol–water partition coefficient (Wildman–Crippen LogP) is 3.00. The molecule has 2 aromatic carbocycles. The molecule has 2 nitrogen and oxygen atoms in total. The smallest absolute Gasteiger partial charge is 0.416 e. The zero-order chi connectivity index (χ0) is 14.2. The van der Waals surface area contributed by atoms with Gasteiger partial charge in [0.2, 0.25) is 0 Å². The van der Waals surface area contributed by atoms with Crippen LogP contribution < -0.4 is 10.2 Å². The summed E-state index contributed by atoms with van der Waals surface area (Å²) in [6.45, 7) is 0.541. The van der Waals surface area contributed by atoms with Gasteiger partial charge in [0.05, 0.1) is 12.2 Å². The number of hydrogen-bond donors (Lipinski definition) is 0. The first-order valence-corrected chi connectivity index (χ1v) is 6.07. The van der Waals surface area contributed by atoms with E-state index in [4.69, 9.17) is 9.39 Å². The number of alkyl halides is 3. The number of fused-ring (bicyclic) bond motifs is 1. The van der Waals surface area contributed by atoms with Crippen LogP contribution in [-0.2, 0) is 17.4 Å². The molecule has 3 rings (SSSR count). The molecule has 0 unspecified atom stereocenters. The van der Waals surface area contributed by atoms with Crippen LogP contribution in [0.2, 0.25) is 0 Å². The van der Waals surface area contributed by atoms with E-state index >= 15 is 0 Å². The number of ether oxygens (including phenoxy) is 1. The van der Waals surface area contributed by atoms with E-state index in [0.717, 1.165) is 23.2 Å². The van der Waals surface area contributed by atoms with Crippen LogP contribution in [0.3, 0.4) is 0 Å². The number of hydrogen-bond acceptors (Lipinski definition) is 2. The Kier molecular flexibility index (Phi) is 3.18. The third kappa shape index (κ3) is 2.65. The van der Waals surface area contributed by atoms with Gasteiger partial charge in [-0.3, -0.25) is 0 Å². The second kappa shape index (κ2) is 4.87. The standard InChI is InChI=1S/C14H10BF3O2/c16-14(17,18)10-1-3-11(4-2-10)20-12-5-6-13-9(7-12)8-19-15-13/h1-7,15H,8H2. The van der Waals surface area contributed by atoms with Crippen LogP contribution in [0.5, 0.6) is 11.5 Å². The van der Waals surface area contributed by atoms with Crippen LogP contribution >= 0.6 is 0 Å². The van der Waals surface area contributed by atoms with Crippen molar-refractivity contribution in [3.05, 3.63) is 53.6 Å². The molecule has 102 valence electrons. The van der Waals surface area contributed by atoms with Crippen LogP contribution in [-0.4, -0.2) is 7.48 Å². The van der Waals surface area contributed by atoms with Crippen molar-refractivity contribution in [2.45, 2.75) is 12.8 Å². The Hall–Kier alpha value is -1.95. The summed E-state index contributed by atoms with van der Waals surface area (Å²) in [5.74, 6) is 0.964. The Morgan fingerprint density at radius 3 is 2.40 bits per heavy atom. The molecule has 0 aromatic heterocycles. The molecule has 2 aromatic rings. The zero-order valence-corrected chi connectivity index (χ0v) is 10.4. The molecular formula is C14H10BF3O2. The first-order chi connectivity index (χ1) is 9.52. The van der Waals surface area contributed by atoms with E-state index in [-0.39, 0.29) is 0 Å². The minimum atomic E-state index is -4.33. The Balaban J connectivity index is 1.78. The van der Waals surface area contributed by atoms with E-state index in [1.807, 2.05) is 12.1 Å². The molecule has 0 bridgehead atoms. The van der Waals surface area contributed by atoms with E-state index in [9.17, 15) is 13.2 Å². The van der Waals surface area contributed by atoms with E-state index in [2.05, 4.69) is 0 Å². The van der Waals surface area contributed by atoms with Crippen molar-refractivity contribution in [3.8, 4) is 11.5 Å². The van der Waals surface area contributed by atoms with Crippen LogP contribution in [0.4, 0.5) is 13.2 Å². The first-order valence-electron chi connectivity index (χ1n) is 6.07. The quantitative estimate of drug-likeness (QED) is 0.786. The molecule has 0 N–H and O–H groups in total. The number of rotatable bonds is 2. The summed E-state index contributed by atoms with van der Waals surface area (Å²) in [4.78, 5) is 0. The fraction of sp³-hybridized carbons (Fsp3) is 0.143. The average molecular weight is 278 g/mol. The third-order valence-corrected chi connectivity index (χ3v) is 3.11. The van der Waals surface area contributed by atoms with Crippen molar-refractivity contribution >= 4 is 12.9 Å². The Morgan fingerprint density at radius 2 is 1.70 bits per heavy atom. The SMILES string of the molecule is FC(F)(F)c1ccc(Oc2ccc3c(c2)COB3)cc1. The highest BCUT2D eigenvalue weighted by Gasteiger charge is 2.30. The molecule has 6 heteroatoms. The molecular weight excluding hydrogens is 268 g/mol. The molecule has 20 heavy (non-hydrogen) atoms. The van der Waals surface area contributed by atoms with Gasteiger partial charge < -0.3 is 9.39 Å². The lowest BCUT2D eigenvalue weighted by Crippen LogP contribution is -2.10. The van der Waals surface area contributed by atoms with Gasteiger partial charge in [0.15, 0.2) is 0 Å². The molecule has 0 atom stereocenters. The summed E-state index contributed by atoms with van der Waals surface area (Å²) >= 11 is 0. The van der Waals surface area contributed by atoms with Crippen molar-refractivity contribution in [1.82, 2.24) is 0 Å². The van der Waals surface area contributed by atoms with Gasteiger partial charge in [0.25, 0.3) is 0 Å². The summed E-state index contributed by atoms with van der Waals surface area (Å²) in [5, 5.41) is 0. The minimum absolute atomic E-state index is 0.372. The maximum absolute atomic E-state index is 12.4. The second-order valence-electron chi connectivity index (χ2n) is 4.55. The van der Waals surface area contributed by atoms with Crippen molar-refractivity contribution in [2.75, 3.05) is 0 Å². The monoisotopic (exact) mass is 278 g/mol. The molecule has 1 aliphatic rings. The van der Waals surface area contributed by atoms with Gasteiger partial charge in [-0.05, 0) is 47.4 Å². The Bertz CT molecular complexity index is 623. The van der Waals surface area contributed by atoms with E-state index in [1.165, 1.54) is 12.1 Å². The molecule has 0 saturated heterocycles. The Labute approximate surface area is 114 Å². The third-order valence-electron chi connectivity index (χ3n) is 3.11. The lowest BCUT2D eigenvalue weighted by molar-refractivity contribution is -0.137. The summed E-state index contributed by atoms with van der Waals surface area (Å²) < 4.78 is 48.2. The van der Waals surface area contributed by atoms with Gasteiger partial charge in [0.1, 0.15) is 11.5 Å². The summed E-state index contributed by atoms with van der Waals surface area (Å²) in [6.07, 6.45) is -4.33. The highest BCUT2D eigenvalue weighted by Crippen LogP contribution is 2.31. The van der Waals surface area contributed by atoms with Crippen LogP contribution in [0.25, 0.3) is 0 Å². The first kappa shape index (κ1) is 13.1. The van der Waals surface area contributed by atoms with Crippen molar-refractivity contribution < 1.29 is 22.6 Å². The van der Waals surface area contributed by atoms with Gasteiger partial charge in [-0.1, -0.05) is 6.07 Å². The van der Waals surface area contributed by atoms with Crippen LogP contribution in [0, 0.1) is 0 Å². The molecule has 0 fully saturated rings. The maximum Gasteiger partial charge on any atom is 0.416 e. The van der Waals surface area contributed by atoms with Crippen LogP contribution in [0.1, 0.15) is 11.1 Å².